The largest absolute Gasteiger partial charge is 0.514 e. The van der Waals surface area contributed by atoms with Crippen LogP contribution in [0.25, 0.3) is 0 Å². The van der Waals surface area contributed by atoms with Crippen molar-refractivity contribution in [2.75, 3.05) is 49.4 Å². The van der Waals surface area contributed by atoms with Gasteiger partial charge in [0.25, 0.3) is 5.69 Å². The molecule has 3 aliphatic rings. The fourth-order valence-electron chi connectivity index (χ4n) is 14.0. The summed E-state index contributed by atoms with van der Waals surface area (Å²) in [5, 5.41) is 26.5. The van der Waals surface area contributed by atoms with Gasteiger partial charge in [0.2, 0.25) is 17.7 Å². The summed E-state index contributed by atoms with van der Waals surface area (Å²) in [6, 6.07) is 2.83. The number of benzene rings is 1. The predicted molar refractivity (Wildman–Crippen MR) is 615 cm³/mol. The Bertz CT molecular complexity index is 5040. The first-order valence-corrected chi connectivity index (χ1v) is 57.1. The van der Waals surface area contributed by atoms with Crippen molar-refractivity contribution in [2.24, 2.45) is 39.7 Å². The molecule has 28 nitrogen and oxygen atoms in total. The Hall–Kier alpha value is -9.84. The van der Waals surface area contributed by atoms with Gasteiger partial charge in [-0.3, -0.25) is 38.9 Å². The van der Waals surface area contributed by atoms with E-state index in [0.29, 0.717) is 95.6 Å². The highest BCUT2D eigenvalue weighted by molar-refractivity contribution is 8.76. The standard InChI is InChI=1S/C38H47ClN2O9.C36H53ClN2O6S2.C35H51ClN2O6S.C4H11NS2/c1-25(24-27(3)33-23-16-26(2)36(44)50-33)12-8-11-15-34(43)40-35(38(5,6)7)32(42)14-10-9-13-30(20-17-28(4)39)48-37(45)49-31-21-18-29(19-22-31)41(46)47;1-25(24-27(3)31-21-18-26(2)34(42)45-31)14-9-12-17-32(41)39-33(36(5,6)7)30(40)16-11-10-15-29(20-19-28(4)37)44-35(43)38-22-13-23-47-46-8;1-24(23-26(3)30-20-17-25(2)33(41)44-30)13-8-11-16-31(40)38-32(35(5,6)7)29(39)15-10-9-14-28(19-18-27(4)36)43-34(42)37-21-12-22-45;1-6-7-4-2-3-5/h8-12,15-19,21-22,24,27,30,33,35H,13-14,20,23H2,1-7H3,(H,40,43);9-12,14,17-19,24,27,29,31,33H,13,15-16,20-23H2,1-8H3,(H,38,43)(H,39,41);8-11,13,16-18,23,26,28,30,32,45H,12,14-15,19-22H2,1-7H3,(H,37,42)(H,38,40);2-5H2,1H3/b10-9-,12-8-,15-11-,25-24+,28-17+;11-10-,14-9-,17-12-,25-24+,28-19+;10-9-,13-8-,16-11-,24-23+,27-18+;/t27-,30+,33-,35+;27-,29+,31-,33+;26-,28+,30-,32+;/m000./s1. The monoisotopic (exact) mass is 2220 g/mol. The number of hydrogen-bond donors (Lipinski definition) is 7. The lowest BCUT2D eigenvalue weighted by Gasteiger charge is -2.29. The molecule has 12 atom stereocenters. The number of carbonyl (C=O) groups is 12. The summed E-state index contributed by atoms with van der Waals surface area (Å²) in [5.74, 6) is 0.538. The Morgan fingerprint density at radius 3 is 1.05 bits per heavy atom. The number of nitrogens with zero attached hydrogens (tertiary/aromatic N) is 1. The van der Waals surface area contributed by atoms with E-state index in [2.05, 4.69) is 45.5 Å². The van der Waals surface area contributed by atoms with Gasteiger partial charge >= 0.3 is 36.2 Å². The number of alkyl carbamates (subject to hydrolysis) is 2. The van der Waals surface area contributed by atoms with Crippen LogP contribution in [-0.4, -0.2) is 180 Å². The summed E-state index contributed by atoms with van der Waals surface area (Å²) in [4.78, 5) is 160. The maximum atomic E-state index is 13.2. The molecule has 0 radical (unpaired) electrons. The average Bonchev–Trinajstić information content (AvgIpc) is 0.863. The van der Waals surface area contributed by atoms with Crippen molar-refractivity contribution in [3.63, 3.8) is 0 Å². The van der Waals surface area contributed by atoms with Crippen molar-refractivity contribution < 1.29 is 95.6 Å². The van der Waals surface area contributed by atoms with Gasteiger partial charge in [0.15, 0.2) is 17.3 Å². The minimum atomic E-state index is -0.993. The van der Waals surface area contributed by atoms with E-state index in [1.54, 1.807) is 159 Å². The van der Waals surface area contributed by atoms with E-state index in [9.17, 15) is 67.6 Å². The van der Waals surface area contributed by atoms with Crippen molar-refractivity contribution >= 4 is 168 Å². The molecule has 0 spiro atoms. The Balaban J connectivity index is 0.00000108. The van der Waals surface area contributed by atoms with E-state index in [1.165, 1.54) is 48.2 Å². The summed E-state index contributed by atoms with van der Waals surface area (Å²) in [6.07, 6.45) is 54.6. The number of cyclic esters (lactones) is 3. The molecule has 1 aromatic carbocycles. The molecule has 1 aromatic rings. The van der Waals surface area contributed by atoms with Gasteiger partial charge in [0, 0.05) is 182 Å². The lowest BCUT2D eigenvalue weighted by Crippen LogP contribution is -2.48. The highest BCUT2D eigenvalue weighted by atomic mass is 35.5. The van der Waals surface area contributed by atoms with E-state index >= 15 is 0 Å². The zero-order valence-electron chi connectivity index (χ0n) is 91.0. The van der Waals surface area contributed by atoms with Crippen LogP contribution in [0.4, 0.5) is 20.1 Å². The van der Waals surface area contributed by atoms with Gasteiger partial charge in [0.1, 0.15) is 42.4 Å². The van der Waals surface area contributed by atoms with Crippen molar-refractivity contribution in [1.29, 1.82) is 0 Å². The van der Waals surface area contributed by atoms with Crippen molar-refractivity contribution in [3.8, 4) is 5.75 Å². The average molecular weight is 2220 g/mol. The molecule has 3 aliphatic heterocycles. The van der Waals surface area contributed by atoms with Crippen LogP contribution in [0.15, 0.2) is 237 Å². The van der Waals surface area contributed by atoms with Gasteiger partial charge in [-0.05, 0) is 135 Å². The number of nitrogens with two attached hydrogens (primary N) is 1. The highest BCUT2D eigenvalue weighted by Crippen LogP contribution is 2.31. The number of ether oxygens (including phenoxy) is 7. The molecular weight excluding hydrogens is 2060 g/mol. The molecule has 826 valence electrons. The number of amides is 5. The quantitative estimate of drug-likeness (QED) is 0.00272. The first-order valence-electron chi connectivity index (χ1n) is 49.9. The van der Waals surface area contributed by atoms with Crippen LogP contribution in [0.1, 0.15) is 242 Å². The molecule has 5 amide bonds. The number of esters is 3. The molecule has 0 aliphatic carbocycles. The lowest BCUT2D eigenvalue weighted by molar-refractivity contribution is -0.384. The molecule has 0 aromatic heterocycles. The summed E-state index contributed by atoms with van der Waals surface area (Å²) >= 11 is 22.1. The van der Waals surface area contributed by atoms with Gasteiger partial charge in [-0.2, -0.15) is 12.6 Å². The maximum absolute atomic E-state index is 13.2. The lowest BCUT2D eigenvalue weighted by atomic mass is 9.83. The van der Waals surface area contributed by atoms with Crippen molar-refractivity contribution in [3.05, 3.63) is 247 Å². The number of rotatable bonds is 56. The normalized spacial score (nSPS) is 17.7. The van der Waals surface area contributed by atoms with Crippen LogP contribution in [0.2, 0.25) is 0 Å². The number of thiol groups is 1. The van der Waals surface area contributed by atoms with Crippen LogP contribution in [0.3, 0.4) is 0 Å². The number of nitro benzene ring substituents is 1. The first-order chi connectivity index (χ1) is 70.1. The molecule has 3 heterocycles. The number of nitro groups is 1. The molecule has 0 unspecified atom stereocenters. The Morgan fingerprint density at radius 2 is 0.772 bits per heavy atom. The SMILES string of the molecule is CC1=CC[C@@H]([C@@H](C)/C=C(C)/C=C\C=C/C(=O)N[C@H](C(=O)C/C=C\C[C@H](C/C=C(\C)Cl)OC(=O)NCCCS)C(C)(C)C)OC1=O.CC1=CC[C@@H]([C@@H](C)/C=C(C)/C=C\C=C/C(=O)N[C@H](C(=O)C/C=C\C[C@H](C/C=C(\C)Cl)OC(=O)Oc2ccc([N+](=O)[O-])cc2)C(C)(C)C)OC1=O.CSSCCCN.CSSCCCNC(=O)O[C@H](C/C=C\CC(=O)[C@@H](NC(=O)\C=C/C=C\C(C)=C\[C@H](C)[C@@H]1CC=C(C)C(=O)O1)C(C)(C)C)C/C=C(\C)Cl. The number of nitrogens with one attached hydrogen (secondary N) is 5. The van der Waals surface area contributed by atoms with Crippen LogP contribution >= 0.6 is 90.6 Å². The first kappa shape index (κ1) is 137. The summed E-state index contributed by atoms with van der Waals surface area (Å²) in [7, 11) is 7.10. The van der Waals surface area contributed by atoms with E-state index in [-0.39, 0.29) is 127 Å². The third-order valence-corrected chi connectivity index (χ3v) is 26.8. The molecule has 0 saturated heterocycles. The molecule has 149 heavy (non-hydrogen) atoms. The minimum absolute atomic E-state index is 0.0175. The van der Waals surface area contributed by atoms with Gasteiger partial charge in [-0.15, -0.1) is 0 Å². The number of non-ortho nitro benzene ring substituents is 1. The fourth-order valence-corrected chi connectivity index (χ4v) is 17.0. The number of Topliss-reactive ketones (excluding diaryl/α,β-unsaturated/α-hetero) is 3. The third kappa shape index (κ3) is 65.2. The molecule has 4 rings (SSSR count). The second-order valence-corrected chi connectivity index (χ2v) is 46.7. The Morgan fingerprint density at radius 1 is 0.470 bits per heavy atom. The second kappa shape index (κ2) is 76.6. The number of halogens is 3. The zero-order chi connectivity index (χ0) is 112. The smallest absolute Gasteiger partial charge is 0.458 e. The maximum Gasteiger partial charge on any atom is 0.514 e. The second-order valence-electron chi connectivity index (χ2n) is 39.1. The minimum Gasteiger partial charge on any atom is -0.458 e. The van der Waals surface area contributed by atoms with Crippen LogP contribution < -0.4 is 37.1 Å². The van der Waals surface area contributed by atoms with Crippen molar-refractivity contribution in [1.82, 2.24) is 26.6 Å². The van der Waals surface area contributed by atoms with Crippen LogP contribution in [-0.2, 0) is 71.6 Å². The number of ketones is 3. The van der Waals surface area contributed by atoms with Gasteiger partial charge < -0.3 is 65.5 Å². The van der Waals surface area contributed by atoms with E-state index in [1.807, 2.05) is 182 Å². The van der Waals surface area contributed by atoms with Crippen LogP contribution in [0, 0.1) is 44.1 Å². The van der Waals surface area contributed by atoms with Gasteiger partial charge in [-0.1, -0.05) is 324 Å². The fraction of sp³-hybridized carbons (Fsp3) is 0.522. The third-order valence-electron chi connectivity index (χ3n) is 22.3. The van der Waals surface area contributed by atoms with Gasteiger partial charge in [0.05, 0.1) is 23.0 Å². The Labute approximate surface area is 921 Å². The Kier molecular flexibility index (Phi) is 70.6. The molecular formula is C113H162Cl3N7O21S5. The summed E-state index contributed by atoms with van der Waals surface area (Å²) in [5.41, 5.74) is 8.32. The van der Waals surface area contributed by atoms with E-state index in [0.717, 1.165) is 48.3 Å². The summed E-state index contributed by atoms with van der Waals surface area (Å²) < 4.78 is 38.1. The zero-order valence-corrected chi connectivity index (χ0v) is 97.4. The van der Waals surface area contributed by atoms with Crippen LogP contribution in [0.5, 0.6) is 5.75 Å². The van der Waals surface area contributed by atoms with E-state index < -0.39 is 81.9 Å². The molecule has 36 heteroatoms. The molecule has 0 bridgehead atoms. The molecule has 0 fully saturated rings. The predicted octanol–water partition coefficient (Wildman–Crippen LogP) is 25.5. The topological polar surface area (TPSA) is 399 Å². The number of carbonyl (C=O) groups excluding carboxylic acids is 12. The van der Waals surface area contributed by atoms with Gasteiger partial charge in [-0.25, -0.2) is 28.8 Å². The number of hydrogen-bond acceptors (Lipinski definition) is 27. The highest BCUT2D eigenvalue weighted by Gasteiger charge is 2.36. The number of allylic oxidation sites excluding steroid dienone is 18. The molecule has 0 saturated carbocycles. The summed E-state index contributed by atoms with van der Waals surface area (Å²) in [6.45, 7) is 41.1. The van der Waals surface area contributed by atoms with Crippen molar-refractivity contribution in [2.45, 2.75) is 296 Å². The van der Waals surface area contributed by atoms with E-state index in [4.69, 9.17) is 73.7 Å². The molecule has 7 N–H and O–H groups in total.